The van der Waals surface area contributed by atoms with E-state index in [1.807, 2.05) is 49.0 Å². The molecule has 0 bridgehead atoms. The quantitative estimate of drug-likeness (QED) is 0.528. The van der Waals surface area contributed by atoms with E-state index in [-0.39, 0.29) is 11.9 Å². The Hall–Kier alpha value is -3.12. The Balaban J connectivity index is 1.51. The van der Waals surface area contributed by atoms with E-state index in [4.69, 9.17) is 4.74 Å². The molecule has 1 aromatic heterocycles. The largest absolute Gasteiger partial charge is 0.497 e. The van der Waals surface area contributed by atoms with Crippen LogP contribution in [0.3, 0.4) is 0 Å². The lowest BCUT2D eigenvalue weighted by Gasteiger charge is -2.24. The van der Waals surface area contributed by atoms with Gasteiger partial charge in [0.2, 0.25) is 5.91 Å². The van der Waals surface area contributed by atoms with Crippen LogP contribution in [-0.2, 0) is 24.3 Å². The SMILES string of the molecule is COc1ccc(CC(C)N(C)CC(=O)NCc2c(C)nn(Cc3ccccc3)c2C)cc1. The predicted molar refractivity (Wildman–Crippen MR) is 128 cm³/mol. The molecule has 0 spiro atoms. The second kappa shape index (κ2) is 11.0. The number of aryl methyl sites for hydroxylation is 1. The van der Waals surface area contributed by atoms with Gasteiger partial charge < -0.3 is 10.1 Å². The third-order valence-electron chi connectivity index (χ3n) is 6.00. The summed E-state index contributed by atoms with van der Waals surface area (Å²) in [7, 11) is 3.66. The maximum atomic E-state index is 12.6. The number of carbonyl (C=O) groups excluding carboxylic acids is 1. The van der Waals surface area contributed by atoms with E-state index in [1.54, 1.807) is 7.11 Å². The van der Waals surface area contributed by atoms with Crippen LogP contribution < -0.4 is 10.1 Å². The highest BCUT2D eigenvalue weighted by Crippen LogP contribution is 2.16. The second-order valence-corrected chi connectivity index (χ2v) is 8.39. The lowest BCUT2D eigenvalue weighted by Crippen LogP contribution is -2.40. The van der Waals surface area contributed by atoms with Crippen molar-refractivity contribution in [3.05, 3.63) is 82.7 Å². The smallest absolute Gasteiger partial charge is 0.234 e. The molecule has 3 aromatic rings. The maximum absolute atomic E-state index is 12.6. The van der Waals surface area contributed by atoms with Gasteiger partial charge in [-0.2, -0.15) is 5.10 Å². The molecule has 2 aromatic carbocycles. The summed E-state index contributed by atoms with van der Waals surface area (Å²) in [5.41, 5.74) is 5.57. The average molecular weight is 435 g/mol. The van der Waals surface area contributed by atoms with Gasteiger partial charge in [0.15, 0.2) is 0 Å². The molecule has 6 nitrogen and oxygen atoms in total. The summed E-state index contributed by atoms with van der Waals surface area (Å²) in [5, 5.41) is 7.75. The van der Waals surface area contributed by atoms with E-state index < -0.39 is 0 Å². The van der Waals surface area contributed by atoms with Gasteiger partial charge >= 0.3 is 0 Å². The number of hydrogen-bond donors (Lipinski definition) is 1. The van der Waals surface area contributed by atoms with Crippen molar-refractivity contribution in [3.63, 3.8) is 0 Å². The highest BCUT2D eigenvalue weighted by molar-refractivity contribution is 5.78. The van der Waals surface area contributed by atoms with Crippen molar-refractivity contribution >= 4 is 5.91 Å². The Kier molecular flexibility index (Phi) is 8.06. The lowest BCUT2D eigenvalue weighted by atomic mass is 10.1. The standard InChI is InChI=1S/C26H34N4O2/c1-19(15-22-11-13-24(32-5)14-12-22)29(4)18-26(31)27-16-25-20(2)28-30(21(25)3)17-23-9-7-6-8-10-23/h6-14,19H,15-18H2,1-5H3,(H,27,31). The minimum Gasteiger partial charge on any atom is -0.497 e. The summed E-state index contributed by atoms with van der Waals surface area (Å²) in [4.78, 5) is 14.7. The van der Waals surface area contributed by atoms with Gasteiger partial charge in [-0.05, 0) is 57.5 Å². The monoisotopic (exact) mass is 434 g/mol. The topological polar surface area (TPSA) is 59.4 Å². The molecule has 1 heterocycles. The molecule has 0 aliphatic heterocycles. The number of amides is 1. The number of likely N-dealkylation sites (N-methyl/N-ethyl adjacent to an activating group) is 1. The fourth-order valence-corrected chi connectivity index (χ4v) is 3.78. The van der Waals surface area contributed by atoms with Crippen molar-refractivity contribution in [1.29, 1.82) is 0 Å². The molecule has 1 atom stereocenters. The minimum absolute atomic E-state index is 0.0173. The summed E-state index contributed by atoms with van der Waals surface area (Å²) in [6.45, 7) is 7.78. The van der Waals surface area contributed by atoms with Gasteiger partial charge in [-0.1, -0.05) is 42.5 Å². The minimum atomic E-state index is 0.0173. The zero-order chi connectivity index (χ0) is 23.1. The predicted octanol–water partition coefficient (Wildman–Crippen LogP) is 3.74. The Morgan fingerprint density at radius 3 is 2.44 bits per heavy atom. The van der Waals surface area contributed by atoms with Crippen molar-refractivity contribution in [1.82, 2.24) is 20.0 Å². The second-order valence-electron chi connectivity index (χ2n) is 8.39. The Bertz CT molecular complexity index is 1010. The first-order valence-corrected chi connectivity index (χ1v) is 11.0. The van der Waals surface area contributed by atoms with Crippen LogP contribution in [0, 0.1) is 13.8 Å². The molecule has 3 rings (SSSR count). The molecule has 6 heteroatoms. The van der Waals surface area contributed by atoms with Crippen LogP contribution in [0.25, 0.3) is 0 Å². The van der Waals surface area contributed by atoms with Gasteiger partial charge in [0.25, 0.3) is 0 Å². The summed E-state index contributed by atoms with van der Waals surface area (Å²) in [6.07, 6.45) is 0.873. The van der Waals surface area contributed by atoms with E-state index in [9.17, 15) is 4.79 Å². The van der Waals surface area contributed by atoms with Crippen LogP contribution >= 0.6 is 0 Å². The fourth-order valence-electron chi connectivity index (χ4n) is 3.78. The zero-order valence-electron chi connectivity index (χ0n) is 19.8. The number of benzene rings is 2. The van der Waals surface area contributed by atoms with Crippen LogP contribution in [0.2, 0.25) is 0 Å². The molecule has 0 fully saturated rings. The van der Waals surface area contributed by atoms with Crippen molar-refractivity contribution in [3.8, 4) is 5.75 Å². The van der Waals surface area contributed by atoms with Crippen LogP contribution in [-0.4, -0.2) is 47.3 Å². The Morgan fingerprint density at radius 2 is 1.78 bits per heavy atom. The zero-order valence-corrected chi connectivity index (χ0v) is 19.8. The van der Waals surface area contributed by atoms with Gasteiger partial charge in [-0.3, -0.25) is 14.4 Å². The van der Waals surface area contributed by atoms with Crippen LogP contribution in [0.1, 0.15) is 35.0 Å². The molecular formula is C26H34N4O2. The lowest BCUT2D eigenvalue weighted by molar-refractivity contribution is -0.122. The van der Waals surface area contributed by atoms with Crippen molar-refractivity contribution in [2.24, 2.45) is 0 Å². The summed E-state index contributed by atoms with van der Waals surface area (Å²) >= 11 is 0. The van der Waals surface area contributed by atoms with Gasteiger partial charge in [0, 0.05) is 23.8 Å². The molecule has 0 saturated carbocycles. The van der Waals surface area contributed by atoms with Crippen molar-refractivity contribution < 1.29 is 9.53 Å². The molecule has 1 unspecified atom stereocenters. The number of carbonyl (C=O) groups is 1. The van der Waals surface area contributed by atoms with Crippen LogP contribution in [0.5, 0.6) is 5.75 Å². The molecule has 32 heavy (non-hydrogen) atoms. The summed E-state index contributed by atoms with van der Waals surface area (Å²) < 4.78 is 7.23. The van der Waals surface area contributed by atoms with Crippen LogP contribution in [0.4, 0.5) is 0 Å². The van der Waals surface area contributed by atoms with Gasteiger partial charge in [-0.25, -0.2) is 0 Å². The first-order chi connectivity index (χ1) is 15.4. The Labute approximate surface area is 191 Å². The molecule has 0 aliphatic carbocycles. The fraction of sp³-hybridized carbons (Fsp3) is 0.385. The van der Waals surface area contributed by atoms with E-state index >= 15 is 0 Å². The third-order valence-corrected chi connectivity index (χ3v) is 6.00. The van der Waals surface area contributed by atoms with E-state index in [2.05, 4.69) is 53.4 Å². The normalized spacial score (nSPS) is 12.1. The first kappa shape index (κ1) is 23.5. The summed E-state index contributed by atoms with van der Waals surface area (Å²) in [5.74, 6) is 0.871. The molecule has 1 amide bonds. The number of nitrogens with one attached hydrogen (secondary N) is 1. The highest BCUT2D eigenvalue weighted by atomic mass is 16.5. The number of rotatable bonds is 10. The number of methoxy groups -OCH3 is 1. The van der Waals surface area contributed by atoms with Crippen molar-refractivity contribution in [2.45, 2.75) is 46.3 Å². The summed E-state index contributed by atoms with van der Waals surface area (Å²) in [6, 6.07) is 18.6. The Morgan fingerprint density at radius 1 is 1.09 bits per heavy atom. The van der Waals surface area contributed by atoms with Gasteiger partial charge in [0.1, 0.15) is 5.75 Å². The molecule has 1 N–H and O–H groups in total. The molecular weight excluding hydrogens is 400 g/mol. The third kappa shape index (κ3) is 6.20. The van der Waals surface area contributed by atoms with Crippen molar-refractivity contribution in [2.75, 3.05) is 20.7 Å². The average Bonchev–Trinajstić information content (AvgIpc) is 3.05. The molecule has 0 saturated heterocycles. The van der Waals surface area contributed by atoms with Gasteiger partial charge in [0.05, 0.1) is 25.9 Å². The number of hydrogen-bond acceptors (Lipinski definition) is 4. The van der Waals surface area contributed by atoms with E-state index in [0.29, 0.717) is 13.1 Å². The highest BCUT2D eigenvalue weighted by Gasteiger charge is 2.16. The molecule has 0 aliphatic rings. The van der Waals surface area contributed by atoms with Gasteiger partial charge in [-0.15, -0.1) is 0 Å². The molecule has 170 valence electrons. The number of ether oxygens (including phenoxy) is 1. The van der Waals surface area contributed by atoms with E-state index in [0.717, 1.165) is 35.7 Å². The van der Waals surface area contributed by atoms with Crippen LogP contribution in [0.15, 0.2) is 54.6 Å². The van der Waals surface area contributed by atoms with E-state index in [1.165, 1.54) is 11.1 Å². The number of nitrogens with zero attached hydrogens (tertiary/aromatic N) is 3. The number of aromatic nitrogens is 2. The maximum Gasteiger partial charge on any atom is 0.234 e. The first-order valence-electron chi connectivity index (χ1n) is 11.0. The molecule has 0 radical (unpaired) electrons.